The Bertz CT molecular complexity index is 858. The molecule has 0 spiro atoms. The summed E-state index contributed by atoms with van der Waals surface area (Å²) in [6.07, 6.45) is 3.83. The minimum Gasteiger partial charge on any atom is -0.393 e. The van der Waals surface area contributed by atoms with Crippen molar-refractivity contribution in [3.63, 3.8) is 0 Å². The maximum absolute atomic E-state index is 12.2. The van der Waals surface area contributed by atoms with Crippen molar-refractivity contribution >= 4 is 0 Å². The third-order valence-corrected chi connectivity index (χ3v) is 5.73. The summed E-state index contributed by atoms with van der Waals surface area (Å²) in [5.74, 6) is -0.993. The molecule has 1 saturated heterocycles. The Morgan fingerprint density at radius 3 is 2.92 bits per heavy atom. The van der Waals surface area contributed by atoms with Crippen molar-refractivity contribution in [2.75, 3.05) is 6.61 Å². The smallest absolute Gasteiger partial charge is 0.330 e. The van der Waals surface area contributed by atoms with Crippen LogP contribution in [0.1, 0.15) is 18.2 Å². The molecule has 24 heavy (non-hydrogen) atoms. The van der Waals surface area contributed by atoms with E-state index in [1.807, 2.05) is 12.2 Å². The topological polar surface area (TPSA) is 127 Å². The highest BCUT2D eigenvalue weighted by molar-refractivity contribution is 5.26. The molecule has 1 aliphatic heterocycles. The molecule has 0 radical (unpaired) electrons. The minimum absolute atomic E-state index is 0.0962. The molecule has 1 saturated carbocycles. The first-order chi connectivity index (χ1) is 11.4. The van der Waals surface area contributed by atoms with E-state index in [2.05, 4.69) is 4.98 Å². The molecule has 0 aromatic carbocycles. The van der Waals surface area contributed by atoms with Crippen LogP contribution in [0.4, 0.5) is 0 Å². The molecule has 2 heterocycles. The lowest BCUT2D eigenvalue weighted by atomic mass is 9.74. The molecule has 0 unspecified atom stereocenters. The fraction of sp³-hybridized carbons (Fsp3) is 0.600. The van der Waals surface area contributed by atoms with Crippen LogP contribution in [0.5, 0.6) is 0 Å². The van der Waals surface area contributed by atoms with Crippen molar-refractivity contribution in [1.29, 1.82) is 0 Å². The molecule has 9 heteroatoms. The van der Waals surface area contributed by atoms with Gasteiger partial charge in [0.05, 0.1) is 18.4 Å². The molecular formula is C15H17N3O6. The van der Waals surface area contributed by atoms with Crippen LogP contribution in [0.25, 0.3) is 0 Å². The van der Waals surface area contributed by atoms with Crippen LogP contribution in [0.2, 0.25) is 0 Å². The number of nitro groups is 1. The van der Waals surface area contributed by atoms with Gasteiger partial charge < -0.3 is 9.84 Å². The van der Waals surface area contributed by atoms with Gasteiger partial charge in [-0.3, -0.25) is 24.5 Å². The number of aryl methyl sites for hydroxylation is 1. The number of aliphatic hydroxyl groups is 1. The Kier molecular flexibility index (Phi) is 3.10. The molecule has 2 bridgehead atoms. The average molecular weight is 335 g/mol. The van der Waals surface area contributed by atoms with Crippen molar-refractivity contribution in [3.05, 3.63) is 54.9 Å². The van der Waals surface area contributed by atoms with Gasteiger partial charge in [-0.1, -0.05) is 12.2 Å². The Labute approximate surface area is 135 Å². The van der Waals surface area contributed by atoms with E-state index in [-0.39, 0.29) is 16.8 Å². The molecule has 1 aromatic heterocycles. The maximum Gasteiger partial charge on any atom is 0.330 e. The number of aromatic nitrogens is 2. The van der Waals surface area contributed by atoms with Gasteiger partial charge in [0.2, 0.25) is 0 Å². The van der Waals surface area contributed by atoms with E-state index >= 15 is 0 Å². The first kappa shape index (κ1) is 15.3. The highest BCUT2D eigenvalue weighted by atomic mass is 16.6. The van der Waals surface area contributed by atoms with E-state index in [0.717, 1.165) is 0 Å². The standard InChI is InChI=1S/C15H17N3O6/c1-7-5-17(14(21)16-12(7)20)13-11-8-2-3-9(4-8)15(11,18(22)23)10(6-19)24-13/h2-3,5,8-11,13,19H,4,6H2,1H3,(H,16,20,21)/t8-,9+,10+,11-,13+,15-/m0/s1. The third kappa shape index (κ3) is 1.65. The van der Waals surface area contributed by atoms with Gasteiger partial charge in [-0.15, -0.1) is 0 Å². The van der Waals surface area contributed by atoms with Gasteiger partial charge in [-0.05, 0) is 19.3 Å². The molecule has 4 rings (SSSR count). The van der Waals surface area contributed by atoms with Crippen molar-refractivity contribution in [3.8, 4) is 0 Å². The van der Waals surface area contributed by atoms with Gasteiger partial charge in [0.15, 0.2) is 6.10 Å². The molecule has 128 valence electrons. The van der Waals surface area contributed by atoms with Crippen molar-refractivity contribution in [1.82, 2.24) is 9.55 Å². The zero-order valence-electron chi connectivity index (χ0n) is 12.9. The zero-order valence-corrected chi connectivity index (χ0v) is 12.9. The third-order valence-electron chi connectivity index (χ3n) is 5.73. The first-order valence-electron chi connectivity index (χ1n) is 7.82. The number of aromatic amines is 1. The largest absolute Gasteiger partial charge is 0.393 e. The number of nitrogens with zero attached hydrogens (tertiary/aromatic N) is 2. The summed E-state index contributed by atoms with van der Waals surface area (Å²) in [7, 11) is 0. The molecule has 9 nitrogen and oxygen atoms in total. The maximum atomic E-state index is 12.2. The molecule has 6 atom stereocenters. The molecule has 1 aromatic rings. The quantitative estimate of drug-likeness (QED) is 0.438. The molecule has 3 aliphatic rings. The number of allylic oxidation sites excluding steroid dienone is 1. The number of ether oxygens (including phenoxy) is 1. The number of nitrogens with one attached hydrogen (secondary N) is 1. The summed E-state index contributed by atoms with van der Waals surface area (Å²) in [6.45, 7) is 1.05. The zero-order chi connectivity index (χ0) is 17.2. The molecule has 2 aliphatic carbocycles. The highest BCUT2D eigenvalue weighted by Crippen LogP contribution is 2.62. The Hall–Kier alpha value is -2.26. The monoisotopic (exact) mass is 335 g/mol. The second-order valence-electron chi connectivity index (χ2n) is 6.74. The second kappa shape index (κ2) is 4.87. The summed E-state index contributed by atoms with van der Waals surface area (Å²) in [4.78, 5) is 37.6. The molecule has 2 N–H and O–H groups in total. The van der Waals surface area contributed by atoms with E-state index < -0.39 is 41.6 Å². The van der Waals surface area contributed by atoms with Crippen LogP contribution in [-0.2, 0) is 4.74 Å². The van der Waals surface area contributed by atoms with Crippen molar-refractivity contribution in [2.45, 2.75) is 31.2 Å². The number of fused-ring (bicyclic) bond motifs is 5. The summed E-state index contributed by atoms with van der Waals surface area (Å²) in [5.41, 5.74) is -2.29. The predicted molar refractivity (Wildman–Crippen MR) is 81.0 cm³/mol. The summed E-state index contributed by atoms with van der Waals surface area (Å²) >= 11 is 0. The number of H-pyrrole nitrogens is 1. The highest BCUT2D eigenvalue weighted by Gasteiger charge is 2.76. The Morgan fingerprint density at radius 2 is 2.25 bits per heavy atom. The van der Waals surface area contributed by atoms with Gasteiger partial charge >= 0.3 is 5.69 Å². The molecule has 2 fully saturated rings. The minimum atomic E-state index is -1.44. The van der Waals surface area contributed by atoms with Gasteiger partial charge in [-0.2, -0.15) is 0 Å². The van der Waals surface area contributed by atoms with Crippen LogP contribution in [-0.4, -0.2) is 37.8 Å². The van der Waals surface area contributed by atoms with Crippen molar-refractivity contribution < 1.29 is 14.8 Å². The number of aliphatic hydroxyl groups excluding tert-OH is 1. The first-order valence-corrected chi connectivity index (χ1v) is 7.82. The van der Waals surface area contributed by atoms with Crippen LogP contribution >= 0.6 is 0 Å². The second-order valence-corrected chi connectivity index (χ2v) is 6.74. The van der Waals surface area contributed by atoms with E-state index in [0.29, 0.717) is 12.0 Å². The van der Waals surface area contributed by atoms with Crippen LogP contribution < -0.4 is 11.2 Å². The SMILES string of the molecule is Cc1cn([C@@H]2O[C@H](CO)[C@]3([N+](=O)[O-])[C@H]2[C@H]2C=C[C@@H]3C2)c(=O)[nH]c1=O. The van der Waals surface area contributed by atoms with Gasteiger partial charge in [0, 0.05) is 16.7 Å². The number of rotatable bonds is 3. The van der Waals surface area contributed by atoms with E-state index in [1.165, 1.54) is 10.8 Å². The Balaban J connectivity index is 1.90. The lowest BCUT2D eigenvalue weighted by molar-refractivity contribution is -0.589. The fourth-order valence-electron chi connectivity index (χ4n) is 4.76. The van der Waals surface area contributed by atoms with Crippen LogP contribution in [0.15, 0.2) is 27.9 Å². The number of hydrogen-bond donors (Lipinski definition) is 2. The summed E-state index contributed by atoms with van der Waals surface area (Å²) in [6, 6.07) is 0. The van der Waals surface area contributed by atoms with E-state index in [1.54, 1.807) is 6.92 Å². The van der Waals surface area contributed by atoms with Crippen molar-refractivity contribution in [2.24, 2.45) is 17.8 Å². The average Bonchev–Trinajstić information content (AvgIpc) is 3.20. The normalized spacial score (nSPS) is 39.3. The lowest BCUT2D eigenvalue weighted by Crippen LogP contribution is -2.55. The van der Waals surface area contributed by atoms with Gasteiger partial charge in [0.25, 0.3) is 11.1 Å². The molecular weight excluding hydrogens is 318 g/mol. The fourth-order valence-corrected chi connectivity index (χ4v) is 4.76. The van der Waals surface area contributed by atoms with Crippen LogP contribution in [0.3, 0.4) is 0 Å². The predicted octanol–water partition coefficient (Wildman–Crippen LogP) is -0.428. The van der Waals surface area contributed by atoms with Crippen LogP contribution in [0, 0.1) is 34.8 Å². The number of hydrogen-bond acceptors (Lipinski definition) is 6. The van der Waals surface area contributed by atoms with E-state index in [9.17, 15) is 24.8 Å². The Morgan fingerprint density at radius 1 is 1.50 bits per heavy atom. The van der Waals surface area contributed by atoms with Gasteiger partial charge in [-0.25, -0.2) is 4.79 Å². The van der Waals surface area contributed by atoms with E-state index in [4.69, 9.17) is 4.74 Å². The lowest BCUT2D eigenvalue weighted by Gasteiger charge is -2.31. The van der Waals surface area contributed by atoms with Gasteiger partial charge in [0.1, 0.15) is 6.23 Å². The summed E-state index contributed by atoms with van der Waals surface area (Å²) < 4.78 is 7.01. The molecule has 0 amide bonds. The summed E-state index contributed by atoms with van der Waals surface area (Å²) in [5, 5.41) is 21.7.